The molecule has 1 aliphatic carbocycles. The molecule has 26 heavy (non-hydrogen) atoms. The first kappa shape index (κ1) is 19.0. The number of hydrogen-bond donors (Lipinski definition) is 2. The number of carbonyl (C=O) groups excluding carboxylic acids is 2. The lowest BCUT2D eigenvalue weighted by Crippen LogP contribution is -2.50. The second kappa shape index (κ2) is 9.24. The van der Waals surface area contributed by atoms with Crippen LogP contribution in [0.2, 0.25) is 5.02 Å². The van der Waals surface area contributed by atoms with Crippen molar-refractivity contribution in [3.63, 3.8) is 0 Å². The second-order valence-electron chi connectivity index (χ2n) is 7.17. The maximum absolute atomic E-state index is 12.1. The fourth-order valence-electron chi connectivity index (χ4n) is 3.92. The molecule has 1 aliphatic heterocycles. The van der Waals surface area contributed by atoms with E-state index in [0.29, 0.717) is 17.3 Å². The highest BCUT2D eigenvalue weighted by molar-refractivity contribution is 6.30. The van der Waals surface area contributed by atoms with Crippen LogP contribution in [0, 0.1) is 11.8 Å². The molecule has 0 bridgehead atoms. The molecule has 1 aromatic rings. The van der Waals surface area contributed by atoms with Crippen LogP contribution in [-0.2, 0) is 9.59 Å². The van der Waals surface area contributed by atoms with Crippen LogP contribution < -0.4 is 15.6 Å². The molecule has 1 aromatic carbocycles. The summed E-state index contributed by atoms with van der Waals surface area (Å²) < 4.78 is 5.33. The molecule has 1 saturated heterocycles. The zero-order valence-corrected chi connectivity index (χ0v) is 15.6. The summed E-state index contributed by atoms with van der Waals surface area (Å²) in [6.45, 7) is 2.10. The number of benzene rings is 1. The van der Waals surface area contributed by atoms with Crippen molar-refractivity contribution in [1.29, 1.82) is 0 Å². The Kier molecular flexibility index (Phi) is 6.74. The lowest BCUT2D eigenvalue weighted by atomic mass is 9.75. The Morgan fingerprint density at radius 1 is 1.04 bits per heavy atom. The number of hydrogen-bond acceptors (Lipinski definition) is 4. The molecule has 0 spiro atoms. The average Bonchev–Trinajstić information content (AvgIpc) is 2.66. The van der Waals surface area contributed by atoms with Crippen LogP contribution in [0.1, 0.15) is 32.1 Å². The highest BCUT2D eigenvalue weighted by atomic mass is 35.5. The van der Waals surface area contributed by atoms with Crippen molar-refractivity contribution in [3.8, 4) is 5.75 Å². The second-order valence-corrected chi connectivity index (χ2v) is 7.60. The summed E-state index contributed by atoms with van der Waals surface area (Å²) in [5.41, 5.74) is 4.86. The predicted molar refractivity (Wildman–Crippen MR) is 99.7 cm³/mol. The van der Waals surface area contributed by atoms with E-state index in [4.69, 9.17) is 16.3 Å². The molecule has 2 atom stereocenters. The smallest absolute Gasteiger partial charge is 0.276 e. The van der Waals surface area contributed by atoms with Gasteiger partial charge in [0, 0.05) is 11.6 Å². The highest BCUT2D eigenvalue weighted by Crippen LogP contribution is 2.35. The van der Waals surface area contributed by atoms with Crippen molar-refractivity contribution >= 4 is 23.4 Å². The maximum atomic E-state index is 12.1. The lowest BCUT2D eigenvalue weighted by Gasteiger charge is -2.41. The van der Waals surface area contributed by atoms with E-state index in [1.807, 2.05) is 0 Å². The number of carbonyl (C=O) groups is 2. The molecule has 142 valence electrons. The number of nitrogens with one attached hydrogen (secondary N) is 2. The number of ether oxygens (including phenoxy) is 1. The third-order valence-electron chi connectivity index (χ3n) is 5.27. The number of amides is 2. The van der Waals surface area contributed by atoms with Gasteiger partial charge in [-0.05, 0) is 55.5 Å². The van der Waals surface area contributed by atoms with Crippen molar-refractivity contribution < 1.29 is 14.3 Å². The topological polar surface area (TPSA) is 70.7 Å². The molecule has 0 radical (unpaired) electrons. The normalized spacial score (nSPS) is 23.0. The molecule has 2 N–H and O–H groups in total. The predicted octanol–water partition coefficient (Wildman–Crippen LogP) is 2.38. The fraction of sp³-hybridized carbons (Fsp3) is 0.579. The third kappa shape index (κ3) is 5.61. The van der Waals surface area contributed by atoms with Crippen LogP contribution in [0.3, 0.4) is 0 Å². The quantitative estimate of drug-likeness (QED) is 0.770. The number of nitrogens with zero attached hydrogens (tertiary/aromatic N) is 1. The minimum Gasteiger partial charge on any atom is -0.484 e. The molecule has 1 saturated carbocycles. The molecular formula is C19H26ClN3O3. The minimum absolute atomic E-state index is 0.171. The third-order valence-corrected chi connectivity index (χ3v) is 5.52. The van der Waals surface area contributed by atoms with E-state index in [0.717, 1.165) is 24.9 Å². The van der Waals surface area contributed by atoms with Gasteiger partial charge in [0.2, 0.25) is 0 Å². The largest absolute Gasteiger partial charge is 0.484 e. The van der Waals surface area contributed by atoms with E-state index >= 15 is 0 Å². The van der Waals surface area contributed by atoms with E-state index < -0.39 is 5.91 Å². The van der Waals surface area contributed by atoms with Gasteiger partial charge in [0.15, 0.2) is 6.61 Å². The first-order valence-electron chi connectivity index (χ1n) is 9.28. The summed E-state index contributed by atoms with van der Waals surface area (Å²) in [4.78, 5) is 26.0. The Bertz CT molecular complexity index is 623. The highest BCUT2D eigenvalue weighted by Gasteiger charge is 2.31. The van der Waals surface area contributed by atoms with Crippen LogP contribution in [0.25, 0.3) is 0 Å². The molecule has 0 unspecified atom stereocenters. The van der Waals surface area contributed by atoms with Crippen molar-refractivity contribution in [2.24, 2.45) is 11.8 Å². The minimum atomic E-state index is -0.403. The van der Waals surface area contributed by atoms with E-state index in [1.165, 1.54) is 32.1 Å². The number of halogens is 1. The van der Waals surface area contributed by atoms with Gasteiger partial charge in [-0.1, -0.05) is 30.9 Å². The van der Waals surface area contributed by atoms with Gasteiger partial charge in [-0.25, -0.2) is 0 Å². The summed E-state index contributed by atoms with van der Waals surface area (Å²) in [5, 5.41) is 0.603. The van der Waals surface area contributed by atoms with Gasteiger partial charge in [-0.3, -0.25) is 25.3 Å². The van der Waals surface area contributed by atoms with Crippen LogP contribution in [0.5, 0.6) is 5.75 Å². The molecule has 7 heteroatoms. The van der Waals surface area contributed by atoms with Gasteiger partial charge in [-0.2, -0.15) is 0 Å². The van der Waals surface area contributed by atoms with Crippen molar-refractivity contribution in [3.05, 3.63) is 29.3 Å². The Morgan fingerprint density at radius 2 is 1.73 bits per heavy atom. The molecule has 1 heterocycles. The molecule has 2 amide bonds. The van der Waals surface area contributed by atoms with Crippen LogP contribution in [0.4, 0.5) is 0 Å². The summed E-state index contributed by atoms with van der Waals surface area (Å²) in [7, 11) is 0. The molecule has 0 aromatic heterocycles. The molecule has 2 fully saturated rings. The fourth-order valence-corrected chi connectivity index (χ4v) is 4.04. The number of fused-ring (bicyclic) bond motifs is 1. The lowest BCUT2D eigenvalue weighted by molar-refractivity contribution is -0.130. The average molecular weight is 380 g/mol. The summed E-state index contributed by atoms with van der Waals surface area (Å²) >= 11 is 5.79. The Hall–Kier alpha value is -1.79. The Labute approximate surface area is 159 Å². The van der Waals surface area contributed by atoms with E-state index in [9.17, 15) is 9.59 Å². The summed E-state index contributed by atoms with van der Waals surface area (Å²) in [6.07, 6.45) is 6.46. The van der Waals surface area contributed by atoms with Gasteiger partial charge >= 0.3 is 0 Å². The number of hydrazine groups is 1. The number of rotatable bonds is 5. The van der Waals surface area contributed by atoms with Crippen molar-refractivity contribution in [2.45, 2.75) is 32.1 Å². The number of piperidine rings is 1. The van der Waals surface area contributed by atoms with Crippen LogP contribution in [-0.4, -0.2) is 43.0 Å². The molecule has 3 rings (SSSR count). The molecule has 6 nitrogen and oxygen atoms in total. The summed E-state index contributed by atoms with van der Waals surface area (Å²) in [5.74, 6) is 1.52. The SMILES string of the molecule is O=C(COc1ccc(Cl)cc1)NNC(=O)CN1CC[C@H]2CCCC[C@@H]2C1. The van der Waals surface area contributed by atoms with Crippen molar-refractivity contribution in [2.75, 3.05) is 26.2 Å². The van der Waals surface area contributed by atoms with Crippen LogP contribution >= 0.6 is 11.6 Å². The zero-order chi connectivity index (χ0) is 18.4. The van der Waals surface area contributed by atoms with E-state index in [1.54, 1.807) is 24.3 Å². The monoisotopic (exact) mass is 379 g/mol. The zero-order valence-electron chi connectivity index (χ0n) is 14.9. The van der Waals surface area contributed by atoms with Gasteiger partial charge in [-0.15, -0.1) is 0 Å². The van der Waals surface area contributed by atoms with Gasteiger partial charge < -0.3 is 4.74 Å². The molecule has 2 aliphatic rings. The van der Waals surface area contributed by atoms with E-state index in [2.05, 4.69) is 15.8 Å². The van der Waals surface area contributed by atoms with Crippen LogP contribution in [0.15, 0.2) is 24.3 Å². The number of likely N-dealkylation sites (tertiary alicyclic amines) is 1. The van der Waals surface area contributed by atoms with E-state index in [-0.39, 0.29) is 12.5 Å². The van der Waals surface area contributed by atoms with Gasteiger partial charge in [0.05, 0.1) is 6.54 Å². The maximum Gasteiger partial charge on any atom is 0.276 e. The Balaban J connectivity index is 1.33. The Morgan fingerprint density at radius 3 is 2.50 bits per heavy atom. The van der Waals surface area contributed by atoms with Gasteiger partial charge in [0.1, 0.15) is 5.75 Å². The standard InChI is InChI=1S/C19H26ClN3O3/c20-16-5-7-17(8-6-16)26-13-19(25)22-21-18(24)12-23-10-9-14-3-1-2-4-15(14)11-23/h5-8,14-15H,1-4,9-13H2,(H,21,24)(H,22,25)/t14-,15-/m1/s1. The first-order valence-corrected chi connectivity index (χ1v) is 9.66. The van der Waals surface area contributed by atoms with Gasteiger partial charge in [0.25, 0.3) is 11.8 Å². The summed E-state index contributed by atoms with van der Waals surface area (Å²) in [6, 6.07) is 6.74. The molecular weight excluding hydrogens is 354 g/mol. The van der Waals surface area contributed by atoms with Crippen molar-refractivity contribution in [1.82, 2.24) is 15.8 Å². The first-order chi connectivity index (χ1) is 12.6.